The van der Waals surface area contributed by atoms with Crippen molar-refractivity contribution in [3.05, 3.63) is 47.0 Å². The molecule has 1 atom stereocenters. The molecular weight excluding hydrogens is 245 g/mol. The van der Waals surface area contributed by atoms with Gasteiger partial charge in [-0.2, -0.15) is 5.10 Å². The first-order valence-corrected chi connectivity index (χ1v) is 6.20. The fraction of sp³-hybridized carbons (Fsp3) is 0.357. The van der Waals surface area contributed by atoms with Gasteiger partial charge in [0.05, 0.1) is 24.5 Å². The molecule has 0 amide bonds. The van der Waals surface area contributed by atoms with Crippen LogP contribution in [0, 0.1) is 12.7 Å². The van der Waals surface area contributed by atoms with Crippen molar-refractivity contribution in [2.45, 2.75) is 26.4 Å². The fourth-order valence-electron chi connectivity index (χ4n) is 2.18. The van der Waals surface area contributed by atoms with E-state index in [4.69, 9.17) is 10.5 Å². The van der Waals surface area contributed by atoms with Crippen LogP contribution in [0.5, 0.6) is 5.75 Å². The second kappa shape index (κ2) is 5.40. The summed E-state index contributed by atoms with van der Waals surface area (Å²) in [6.45, 7) is 4.62. The zero-order chi connectivity index (χ0) is 14.0. The van der Waals surface area contributed by atoms with Crippen LogP contribution in [0.15, 0.2) is 24.3 Å². The summed E-state index contributed by atoms with van der Waals surface area (Å²) in [5.74, 6) is 0.251. The molecule has 0 saturated heterocycles. The van der Waals surface area contributed by atoms with Crippen LogP contribution in [0.1, 0.15) is 29.9 Å². The molecule has 2 N–H and O–H groups in total. The van der Waals surface area contributed by atoms with Gasteiger partial charge >= 0.3 is 0 Å². The lowest BCUT2D eigenvalue weighted by atomic mass is 10.0. The van der Waals surface area contributed by atoms with Gasteiger partial charge < -0.3 is 10.5 Å². The topological polar surface area (TPSA) is 53.1 Å². The van der Waals surface area contributed by atoms with E-state index in [1.165, 1.54) is 12.1 Å². The average Bonchev–Trinajstić information content (AvgIpc) is 2.79. The number of rotatable bonds is 4. The Labute approximate surface area is 112 Å². The largest absolute Gasteiger partial charge is 0.496 e. The Balaban J connectivity index is 2.48. The molecule has 0 spiro atoms. The number of halogens is 1. The van der Waals surface area contributed by atoms with Crippen LogP contribution in [-0.4, -0.2) is 16.9 Å². The molecule has 2 aromatic rings. The van der Waals surface area contributed by atoms with E-state index in [1.807, 2.05) is 24.6 Å². The van der Waals surface area contributed by atoms with E-state index in [9.17, 15) is 4.39 Å². The SMILES string of the molecule is CCn1nc(C)cc1C(N)c1cc(F)ccc1OC. The Morgan fingerprint density at radius 3 is 2.79 bits per heavy atom. The van der Waals surface area contributed by atoms with Crippen LogP contribution in [-0.2, 0) is 6.54 Å². The van der Waals surface area contributed by atoms with Gasteiger partial charge in [0.25, 0.3) is 0 Å². The third kappa shape index (κ3) is 2.61. The monoisotopic (exact) mass is 263 g/mol. The molecule has 1 aromatic heterocycles. The molecule has 19 heavy (non-hydrogen) atoms. The lowest BCUT2D eigenvalue weighted by molar-refractivity contribution is 0.405. The predicted octanol–water partition coefficient (Wildman–Crippen LogP) is 2.41. The summed E-state index contributed by atoms with van der Waals surface area (Å²) in [5, 5.41) is 4.36. The van der Waals surface area contributed by atoms with Gasteiger partial charge in [0.1, 0.15) is 11.6 Å². The maximum atomic E-state index is 13.4. The van der Waals surface area contributed by atoms with Crippen molar-refractivity contribution in [3.8, 4) is 5.75 Å². The highest BCUT2D eigenvalue weighted by Gasteiger charge is 2.19. The van der Waals surface area contributed by atoms with E-state index >= 15 is 0 Å². The average molecular weight is 263 g/mol. The first-order valence-electron chi connectivity index (χ1n) is 6.20. The van der Waals surface area contributed by atoms with E-state index in [-0.39, 0.29) is 5.82 Å². The highest BCUT2D eigenvalue weighted by molar-refractivity contribution is 5.40. The lowest BCUT2D eigenvalue weighted by Gasteiger charge is -2.16. The Morgan fingerprint density at radius 2 is 2.16 bits per heavy atom. The second-order valence-corrected chi connectivity index (χ2v) is 4.39. The van der Waals surface area contributed by atoms with Crippen LogP contribution in [0.3, 0.4) is 0 Å². The molecule has 102 valence electrons. The number of aryl methyl sites for hydroxylation is 2. The van der Waals surface area contributed by atoms with Crippen molar-refractivity contribution < 1.29 is 9.13 Å². The van der Waals surface area contributed by atoms with Crippen molar-refractivity contribution in [3.63, 3.8) is 0 Å². The third-order valence-electron chi connectivity index (χ3n) is 3.08. The normalized spacial score (nSPS) is 12.5. The smallest absolute Gasteiger partial charge is 0.124 e. The van der Waals surface area contributed by atoms with Crippen molar-refractivity contribution in [1.82, 2.24) is 9.78 Å². The fourth-order valence-corrected chi connectivity index (χ4v) is 2.18. The molecule has 5 heteroatoms. The summed E-state index contributed by atoms with van der Waals surface area (Å²) >= 11 is 0. The molecule has 0 bridgehead atoms. The van der Waals surface area contributed by atoms with E-state index < -0.39 is 6.04 Å². The molecule has 0 radical (unpaired) electrons. The molecule has 4 nitrogen and oxygen atoms in total. The molecule has 0 aliphatic heterocycles. The summed E-state index contributed by atoms with van der Waals surface area (Å²) < 4.78 is 20.5. The van der Waals surface area contributed by atoms with Crippen molar-refractivity contribution in [1.29, 1.82) is 0 Å². The Hall–Kier alpha value is -1.88. The molecule has 1 heterocycles. The third-order valence-corrected chi connectivity index (χ3v) is 3.08. The molecule has 0 aliphatic carbocycles. The van der Waals surface area contributed by atoms with Gasteiger partial charge in [-0.15, -0.1) is 0 Å². The highest BCUT2D eigenvalue weighted by atomic mass is 19.1. The molecule has 0 aliphatic rings. The van der Waals surface area contributed by atoms with Crippen LogP contribution in [0.25, 0.3) is 0 Å². The van der Waals surface area contributed by atoms with Gasteiger partial charge in [-0.1, -0.05) is 0 Å². The summed E-state index contributed by atoms with van der Waals surface area (Å²) in [7, 11) is 1.55. The van der Waals surface area contributed by atoms with Gasteiger partial charge in [0, 0.05) is 12.1 Å². The Kier molecular flexibility index (Phi) is 3.85. The van der Waals surface area contributed by atoms with Crippen molar-refractivity contribution in [2.75, 3.05) is 7.11 Å². The summed E-state index contributed by atoms with van der Waals surface area (Å²) in [6.07, 6.45) is 0. The second-order valence-electron chi connectivity index (χ2n) is 4.39. The van der Waals surface area contributed by atoms with Crippen LogP contribution < -0.4 is 10.5 Å². The zero-order valence-corrected chi connectivity index (χ0v) is 11.4. The summed E-state index contributed by atoms with van der Waals surface area (Å²) in [6, 6.07) is 5.80. The maximum Gasteiger partial charge on any atom is 0.124 e. The molecule has 0 fully saturated rings. The minimum absolute atomic E-state index is 0.328. The first kappa shape index (κ1) is 13.5. The number of nitrogens with zero attached hydrogens (tertiary/aromatic N) is 2. The van der Waals surface area contributed by atoms with Crippen molar-refractivity contribution >= 4 is 0 Å². The van der Waals surface area contributed by atoms with Gasteiger partial charge in [-0.25, -0.2) is 4.39 Å². The molecule has 2 rings (SSSR count). The van der Waals surface area contributed by atoms with Gasteiger partial charge in [0.15, 0.2) is 0 Å². The molecule has 1 aromatic carbocycles. The molecule has 0 saturated carbocycles. The van der Waals surface area contributed by atoms with Crippen LogP contribution >= 0.6 is 0 Å². The number of hydrogen-bond acceptors (Lipinski definition) is 3. The highest BCUT2D eigenvalue weighted by Crippen LogP contribution is 2.29. The van der Waals surface area contributed by atoms with E-state index in [0.717, 1.165) is 11.4 Å². The standard InChI is InChI=1S/C14H18FN3O/c1-4-18-12(7-9(2)17-18)14(16)11-8-10(15)5-6-13(11)19-3/h5-8,14H,4,16H2,1-3H3. The minimum Gasteiger partial charge on any atom is -0.496 e. The maximum absolute atomic E-state index is 13.4. The van der Waals surface area contributed by atoms with Gasteiger partial charge in [0.2, 0.25) is 0 Å². The Bertz CT molecular complexity index is 580. The number of ether oxygens (including phenoxy) is 1. The zero-order valence-electron chi connectivity index (χ0n) is 11.4. The number of hydrogen-bond donors (Lipinski definition) is 1. The van der Waals surface area contributed by atoms with Gasteiger partial charge in [-0.05, 0) is 38.1 Å². The van der Waals surface area contributed by atoms with E-state index in [1.54, 1.807) is 13.2 Å². The number of nitrogens with two attached hydrogens (primary N) is 1. The lowest BCUT2D eigenvalue weighted by Crippen LogP contribution is -2.18. The molecular formula is C14H18FN3O. The minimum atomic E-state index is -0.466. The van der Waals surface area contributed by atoms with Crippen LogP contribution in [0.4, 0.5) is 4.39 Å². The van der Waals surface area contributed by atoms with E-state index in [0.29, 0.717) is 17.9 Å². The quantitative estimate of drug-likeness (QED) is 0.921. The summed E-state index contributed by atoms with van der Waals surface area (Å²) in [5.41, 5.74) is 8.61. The predicted molar refractivity (Wildman–Crippen MR) is 71.6 cm³/mol. The number of aromatic nitrogens is 2. The van der Waals surface area contributed by atoms with Crippen LogP contribution in [0.2, 0.25) is 0 Å². The number of methoxy groups -OCH3 is 1. The van der Waals surface area contributed by atoms with Crippen molar-refractivity contribution in [2.24, 2.45) is 5.73 Å². The van der Waals surface area contributed by atoms with E-state index in [2.05, 4.69) is 5.10 Å². The first-order chi connectivity index (χ1) is 9.06. The Morgan fingerprint density at radius 1 is 1.42 bits per heavy atom. The number of benzene rings is 1. The summed E-state index contributed by atoms with van der Waals surface area (Å²) in [4.78, 5) is 0. The van der Waals surface area contributed by atoms with Gasteiger partial charge in [-0.3, -0.25) is 4.68 Å². The molecule has 1 unspecified atom stereocenters.